The van der Waals surface area contributed by atoms with Crippen LogP contribution in [0.1, 0.15) is 25.3 Å². The first kappa shape index (κ1) is 15.7. The van der Waals surface area contributed by atoms with E-state index >= 15 is 0 Å². The average Bonchev–Trinajstić information content (AvgIpc) is 2.38. The van der Waals surface area contributed by atoms with Gasteiger partial charge in [-0.25, -0.2) is 0 Å². The second-order valence-electron chi connectivity index (χ2n) is 5.33. The summed E-state index contributed by atoms with van der Waals surface area (Å²) in [5.41, 5.74) is 5.99. The lowest BCUT2D eigenvalue weighted by Gasteiger charge is -2.24. The van der Waals surface area contributed by atoms with Gasteiger partial charge in [-0.2, -0.15) is 0 Å². The van der Waals surface area contributed by atoms with Gasteiger partial charge in [-0.1, -0.05) is 30.3 Å². The molecular formula is C15H25N3O. The van der Waals surface area contributed by atoms with Gasteiger partial charge in [-0.15, -0.1) is 0 Å². The first-order chi connectivity index (χ1) is 8.94. The van der Waals surface area contributed by atoms with Gasteiger partial charge < -0.3 is 16.0 Å². The summed E-state index contributed by atoms with van der Waals surface area (Å²) in [4.78, 5) is 14.3. The molecule has 3 N–H and O–H groups in total. The summed E-state index contributed by atoms with van der Waals surface area (Å²) in [6, 6.07) is 9.46. The quantitative estimate of drug-likeness (QED) is 0.729. The third-order valence-electron chi connectivity index (χ3n) is 3.16. The van der Waals surface area contributed by atoms with Crippen molar-refractivity contribution in [1.82, 2.24) is 10.2 Å². The van der Waals surface area contributed by atoms with Crippen molar-refractivity contribution in [3.63, 3.8) is 0 Å². The molecule has 0 fully saturated rings. The zero-order valence-electron chi connectivity index (χ0n) is 12.1. The highest BCUT2D eigenvalue weighted by Gasteiger charge is 2.29. The minimum Gasteiger partial charge on any atom is -0.354 e. The monoisotopic (exact) mass is 263 g/mol. The van der Waals surface area contributed by atoms with Gasteiger partial charge in [0.1, 0.15) is 5.54 Å². The Morgan fingerprint density at radius 3 is 2.47 bits per heavy atom. The van der Waals surface area contributed by atoms with E-state index in [4.69, 9.17) is 5.73 Å². The van der Waals surface area contributed by atoms with Crippen LogP contribution in [0.25, 0.3) is 0 Å². The summed E-state index contributed by atoms with van der Waals surface area (Å²) < 4.78 is 0. The van der Waals surface area contributed by atoms with Crippen LogP contribution < -0.4 is 11.1 Å². The second kappa shape index (κ2) is 7.26. The predicted molar refractivity (Wildman–Crippen MR) is 78.8 cm³/mol. The van der Waals surface area contributed by atoms with Crippen LogP contribution in [0.5, 0.6) is 0 Å². The number of carbonyl (C=O) groups excluding carboxylic acids is 1. The van der Waals surface area contributed by atoms with Gasteiger partial charge in [0.2, 0.25) is 5.91 Å². The van der Waals surface area contributed by atoms with Gasteiger partial charge >= 0.3 is 0 Å². The summed E-state index contributed by atoms with van der Waals surface area (Å²) >= 11 is 0. The highest BCUT2D eigenvalue weighted by Crippen LogP contribution is 2.17. The summed E-state index contributed by atoms with van der Waals surface area (Å²) in [7, 11) is 4.09. The number of benzene rings is 1. The molecule has 0 aliphatic carbocycles. The van der Waals surface area contributed by atoms with E-state index in [2.05, 4.69) is 10.2 Å². The highest BCUT2D eigenvalue weighted by molar-refractivity contribution is 5.86. The fourth-order valence-electron chi connectivity index (χ4n) is 1.85. The largest absolute Gasteiger partial charge is 0.354 e. The van der Waals surface area contributed by atoms with Crippen LogP contribution in [0.15, 0.2) is 30.3 Å². The van der Waals surface area contributed by atoms with Crippen LogP contribution in [0.2, 0.25) is 0 Å². The molecule has 0 aromatic heterocycles. The topological polar surface area (TPSA) is 58.4 Å². The van der Waals surface area contributed by atoms with Gasteiger partial charge in [0.25, 0.3) is 0 Å². The lowest BCUT2D eigenvalue weighted by molar-refractivity contribution is -0.126. The molecule has 106 valence electrons. The first-order valence-corrected chi connectivity index (χ1v) is 6.72. The van der Waals surface area contributed by atoms with E-state index in [0.29, 0.717) is 6.54 Å². The molecule has 4 nitrogen and oxygen atoms in total. The molecule has 0 heterocycles. The van der Waals surface area contributed by atoms with E-state index in [0.717, 1.165) is 24.9 Å². The van der Waals surface area contributed by atoms with E-state index in [9.17, 15) is 4.79 Å². The third-order valence-corrected chi connectivity index (χ3v) is 3.16. The summed E-state index contributed by atoms with van der Waals surface area (Å²) in [5, 5.41) is 2.91. The molecule has 0 spiro atoms. The van der Waals surface area contributed by atoms with Crippen molar-refractivity contribution in [2.45, 2.75) is 25.3 Å². The lowest BCUT2D eigenvalue weighted by Crippen LogP contribution is -2.49. The van der Waals surface area contributed by atoms with Gasteiger partial charge in [-0.05, 0) is 46.0 Å². The van der Waals surface area contributed by atoms with Gasteiger partial charge in [0, 0.05) is 6.54 Å². The number of unbranched alkanes of at least 4 members (excludes halogenated alkanes) is 1. The third kappa shape index (κ3) is 5.01. The zero-order valence-corrected chi connectivity index (χ0v) is 12.1. The van der Waals surface area contributed by atoms with Crippen LogP contribution >= 0.6 is 0 Å². The SMILES string of the molecule is CN(C)CCCCNC(=O)C(C)(N)c1ccccc1. The molecule has 1 aromatic carbocycles. The Morgan fingerprint density at radius 1 is 1.26 bits per heavy atom. The lowest BCUT2D eigenvalue weighted by atomic mass is 9.92. The van der Waals surface area contributed by atoms with Crippen LogP contribution in [0, 0.1) is 0 Å². The molecule has 0 aliphatic heterocycles. The van der Waals surface area contributed by atoms with Crippen LogP contribution in [0.3, 0.4) is 0 Å². The standard InChI is InChI=1S/C15H25N3O/c1-15(16,13-9-5-4-6-10-13)14(19)17-11-7-8-12-18(2)3/h4-6,9-10H,7-8,11-12,16H2,1-3H3,(H,17,19). The predicted octanol–water partition coefficient (Wildman–Crippen LogP) is 1.32. The van der Waals surface area contributed by atoms with E-state index in [1.807, 2.05) is 44.4 Å². The summed E-state index contributed by atoms with van der Waals surface area (Å²) in [5.74, 6) is -0.122. The molecule has 1 aromatic rings. The maximum atomic E-state index is 12.1. The van der Waals surface area contributed by atoms with Crippen molar-refractivity contribution in [2.24, 2.45) is 5.73 Å². The maximum absolute atomic E-state index is 12.1. The Hall–Kier alpha value is -1.39. The van der Waals surface area contributed by atoms with Gasteiger partial charge in [0.15, 0.2) is 0 Å². The van der Waals surface area contributed by atoms with Crippen molar-refractivity contribution < 1.29 is 4.79 Å². The van der Waals surface area contributed by atoms with E-state index in [1.165, 1.54) is 0 Å². The summed E-state index contributed by atoms with van der Waals surface area (Å²) in [6.07, 6.45) is 2.04. The van der Waals surface area contributed by atoms with Crippen molar-refractivity contribution in [3.05, 3.63) is 35.9 Å². The Morgan fingerprint density at radius 2 is 1.89 bits per heavy atom. The molecule has 0 saturated carbocycles. The number of nitrogens with two attached hydrogens (primary N) is 1. The smallest absolute Gasteiger partial charge is 0.244 e. The van der Waals surface area contributed by atoms with E-state index < -0.39 is 5.54 Å². The fraction of sp³-hybridized carbons (Fsp3) is 0.533. The molecule has 1 unspecified atom stereocenters. The molecule has 1 amide bonds. The van der Waals surface area contributed by atoms with Crippen LogP contribution in [0.4, 0.5) is 0 Å². The number of amides is 1. The van der Waals surface area contributed by atoms with Gasteiger partial charge in [-0.3, -0.25) is 4.79 Å². The Labute approximate surface area is 116 Å². The molecule has 1 rings (SSSR count). The van der Waals surface area contributed by atoms with Crippen LogP contribution in [-0.2, 0) is 10.3 Å². The number of hydrogen-bond acceptors (Lipinski definition) is 3. The highest BCUT2D eigenvalue weighted by atomic mass is 16.2. The molecule has 0 bridgehead atoms. The minimum atomic E-state index is -0.969. The normalized spacial score (nSPS) is 14.2. The Bertz CT molecular complexity index is 388. The van der Waals surface area contributed by atoms with Crippen molar-refractivity contribution in [1.29, 1.82) is 0 Å². The number of carbonyl (C=O) groups is 1. The molecule has 0 saturated heterocycles. The average molecular weight is 263 g/mol. The van der Waals surface area contributed by atoms with Crippen LogP contribution in [-0.4, -0.2) is 38.0 Å². The molecular weight excluding hydrogens is 238 g/mol. The second-order valence-corrected chi connectivity index (χ2v) is 5.33. The molecule has 4 heteroatoms. The van der Waals surface area contributed by atoms with Crippen molar-refractivity contribution in [2.75, 3.05) is 27.2 Å². The maximum Gasteiger partial charge on any atom is 0.244 e. The number of hydrogen-bond donors (Lipinski definition) is 2. The summed E-state index contributed by atoms with van der Waals surface area (Å²) in [6.45, 7) is 3.46. The first-order valence-electron chi connectivity index (χ1n) is 6.72. The van der Waals surface area contributed by atoms with Gasteiger partial charge in [0.05, 0.1) is 0 Å². The molecule has 19 heavy (non-hydrogen) atoms. The number of nitrogens with one attached hydrogen (secondary N) is 1. The van der Waals surface area contributed by atoms with E-state index in [1.54, 1.807) is 6.92 Å². The number of nitrogens with zero attached hydrogens (tertiary/aromatic N) is 1. The number of rotatable bonds is 7. The molecule has 1 atom stereocenters. The zero-order chi connectivity index (χ0) is 14.3. The van der Waals surface area contributed by atoms with Crippen molar-refractivity contribution in [3.8, 4) is 0 Å². The molecule has 0 aliphatic rings. The Kier molecular flexibility index (Phi) is 5.99. The Balaban J connectivity index is 2.40. The molecule has 0 radical (unpaired) electrons. The van der Waals surface area contributed by atoms with Crippen molar-refractivity contribution >= 4 is 5.91 Å². The minimum absolute atomic E-state index is 0.122. The fourth-order valence-corrected chi connectivity index (χ4v) is 1.85. The van der Waals surface area contributed by atoms with E-state index in [-0.39, 0.29) is 5.91 Å².